The van der Waals surface area contributed by atoms with E-state index >= 15 is 0 Å². The van der Waals surface area contributed by atoms with Gasteiger partial charge in [-0.2, -0.15) is 0 Å². The van der Waals surface area contributed by atoms with Gasteiger partial charge < -0.3 is 24.3 Å². The van der Waals surface area contributed by atoms with E-state index in [1.165, 1.54) is 11.8 Å². The molecule has 8 nitrogen and oxygen atoms in total. The summed E-state index contributed by atoms with van der Waals surface area (Å²) >= 11 is 1.28. The number of carbonyl (C=O) groups excluding carboxylic acids is 1. The van der Waals surface area contributed by atoms with Gasteiger partial charge in [-0.15, -0.1) is 0 Å². The van der Waals surface area contributed by atoms with Crippen LogP contribution in [-0.2, 0) is 11.3 Å². The number of rotatable bonds is 6. The van der Waals surface area contributed by atoms with Crippen molar-refractivity contribution in [3.05, 3.63) is 54.2 Å². The third kappa shape index (κ3) is 3.97. The van der Waals surface area contributed by atoms with E-state index in [4.69, 9.17) is 18.9 Å². The number of aromatic nitrogens is 2. The molecule has 1 amide bonds. The minimum absolute atomic E-state index is 0.102. The number of fused-ring (bicyclic) bond motifs is 2. The fourth-order valence-corrected chi connectivity index (χ4v) is 3.72. The van der Waals surface area contributed by atoms with Crippen molar-refractivity contribution < 1.29 is 23.7 Å². The highest BCUT2D eigenvalue weighted by Gasteiger charge is 2.15. The largest absolute Gasteiger partial charge is 0.454 e. The summed E-state index contributed by atoms with van der Waals surface area (Å²) in [5, 5.41) is 3.42. The van der Waals surface area contributed by atoms with Gasteiger partial charge >= 0.3 is 0 Å². The van der Waals surface area contributed by atoms with E-state index in [1.54, 1.807) is 6.20 Å². The molecule has 3 heterocycles. The molecule has 0 aliphatic carbocycles. The molecule has 30 heavy (non-hydrogen) atoms. The number of benzene rings is 2. The molecule has 5 rings (SSSR count). The Morgan fingerprint density at radius 3 is 2.50 bits per heavy atom. The first-order chi connectivity index (χ1) is 14.7. The number of nitrogens with one attached hydrogen (secondary N) is 1. The summed E-state index contributed by atoms with van der Waals surface area (Å²) in [4.78, 5) is 21.0. The lowest BCUT2D eigenvalue weighted by Crippen LogP contribution is -2.24. The summed E-state index contributed by atoms with van der Waals surface area (Å²) in [6, 6.07) is 13.1. The molecule has 0 saturated carbocycles. The van der Waals surface area contributed by atoms with Crippen LogP contribution in [0.2, 0.25) is 0 Å². The molecular formula is C21H17N3O5S. The van der Waals surface area contributed by atoms with E-state index in [-0.39, 0.29) is 25.2 Å². The highest BCUT2D eigenvalue weighted by atomic mass is 32.2. The Balaban J connectivity index is 1.17. The van der Waals surface area contributed by atoms with E-state index in [9.17, 15) is 4.79 Å². The zero-order valence-electron chi connectivity index (χ0n) is 15.8. The van der Waals surface area contributed by atoms with Gasteiger partial charge in [0, 0.05) is 18.3 Å². The van der Waals surface area contributed by atoms with E-state index in [1.807, 2.05) is 42.5 Å². The molecule has 2 aliphatic rings. The van der Waals surface area contributed by atoms with Crippen LogP contribution in [0, 0.1) is 0 Å². The summed E-state index contributed by atoms with van der Waals surface area (Å²) in [7, 11) is 0. The number of nitrogens with zero attached hydrogens (tertiary/aromatic N) is 2. The third-order valence-corrected chi connectivity index (χ3v) is 5.42. The van der Waals surface area contributed by atoms with Crippen LogP contribution in [0.3, 0.4) is 0 Å². The summed E-state index contributed by atoms with van der Waals surface area (Å²) in [5.74, 6) is 2.96. The van der Waals surface area contributed by atoms with Gasteiger partial charge in [-0.05, 0) is 42.0 Å². The van der Waals surface area contributed by atoms with Crippen LogP contribution in [0.15, 0.2) is 53.8 Å². The summed E-state index contributed by atoms with van der Waals surface area (Å²) in [6.45, 7) is 0.867. The van der Waals surface area contributed by atoms with Crippen LogP contribution < -0.4 is 24.3 Å². The van der Waals surface area contributed by atoms with Gasteiger partial charge in [0.25, 0.3) is 0 Å². The Labute approximate surface area is 176 Å². The summed E-state index contributed by atoms with van der Waals surface area (Å²) < 4.78 is 21.4. The van der Waals surface area contributed by atoms with Crippen molar-refractivity contribution in [2.24, 2.45) is 0 Å². The Bertz CT molecular complexity index is 1110. The molecule has 1 N–H and O–H groups in total. The maximum atomic E-state index is 12.2. The monoisotopic (exact) mass is 423 g/mol. The second kappa shape index (κ2) is 8.11. The lowest BCUT2D eigenvalue weighted by Gasteiger charge is -2.07. The van der Waals surface area contributed by atoms with Gasteiger partial charge in [0.2, 0.25) is 19.5 Å². The van der Waals surface area contributed by atoms with Crippen LogP contribution in [0.1, 0.15) is 5.56 Å². The normalized spacial score (nSPS) is 13.3. The van der Waals surface area contributed by atoms with Crippen molar-refractivity contribution in [3.8, 4) is 34.3 Å². The molecule has 0 radical (unpaired) electrons. The second-order valence-electron chi connectivity index (χ2n) is 6.55. The highest BCUT2D eigenvalue weighted by molar-refractivity contribution is 7.99. The molecule has 0 atom stereocenters. The molecule has 0 unspecified atom stereocenters. The lowest BCUT2D eigenvalue weighted by atomic mass is 10.1. The van der Waals surface area contributed by atoms with Gasteiger partial charge in [0.15, 0.2) is 28.2 Å². The maximum Gasteiger partial charge on any atom is 0.231 e. The van der Waals surface area contributed by atoms with E-state index in [0.29, 0.717) is 23.2 Å². The zero-order valence-corrected chi connectivity index (χ0v) is 16.6. The molecule has 2 aromatic carbocycles. The van der Waals surface area contributed by atoms with Gasteiger partial charge in [0.1, 0.15) is 0 Å². The van der Waals surface area contributed by atoms with Gasteiger partial charge in [0.05, 0.1) is 11.4 Å². The summed E-state index contributed by atoms with van der Waals surface area (Å²) in [6.07, 6.45) is 1.68. The predicted molar refractivity (Wildman–Crippen MR) is 109 cm³/mol. The predicted octanol–water partition coefficient (Wildman–Crippen LogP) is 3.01. The van der Waals surface area contributed by atoms with Gasteiger partial charge in [-0.3, -0.25) is 4.79 Å². The van der Waals surface area contributed by atoms with Crippen LogP contribution in [0.5, 0.6) is 23.0 Å². The standard InChI is InChI=1S/C21H17N3O5S/c25-20(23-9-13-1-3-16-18(7-13)28-11-26-16)10-30-21-22-6-5-15(24-21)14-2-4-17-19(8-14)29-12-27-17/h1-8H,9-12H2,(H,23,25). The van der Waals surface area contributed by atoms with Crippen LogP contribution in [0.25, 0.3) is 11.3 Å². The first-order valence-electron chi connectivity index (χ1n) is 9.26. The number of hydrogen-bond donors (Lipinski definition) is 1. The number of amides is 1. The van der Waals surface area contributed by atoms with Crippen LogP contribution >= 0.6 is 11.8 Å². The number of hydrogen-bond acceptors (Lipinski definition) is 8. The molecule has 1 aromatic heterocycles. The topological polar surface area (TPSA) is 91.8 Å². The highest BCUT2D eigenvalue weighted by Crippen LogP contribution is 2.35. The third-order valence-electron chi connectivity index (χ3n) is 4.56. The van der Waals surface area contributed by atoms with E-state index < -0.39 is 0 Å². The molecule has 0 spiro atoms. The zero-order chi connectivity index (χ0) is 20.3. The quantitative estimate of drug-likeness (QED) is 0.478. The minimum atomic E-state index is -0.102. The first kappa shape index (κ1) is 18.6. The first-order valence-corrected chi connectivity index (χ1v) is 10.2. The molecule has 2 aliphatic heterocycles. The Morgan fingerprint density at radius 1 is 0.933 bits per heavy atom. The average Bonchev–Trinajstić information content (AvgIpc) is 3.44. The Kier molecular flexibility index (Phi) is 5.02. The molecule has 0 fully saturated rings. The molecule has 0 bridgehead atoms. The van der Waals surface area contributed by atoms with Crippen molar-refractivity contribution in [2.75, 3.05) is 19.3 Å². The summed E-state index contributed by atoms with van der Waals surface area (Å²) in [5.41, 5.74) is 2.60. The lowest BCUT2D eigenvalue weighted by molar-refractivity contribution is -0.118. The van der Waals surface area contributed by atoms with E-state index in [2.05, 4.69) is 15.3 Å². The van der Waals surface area contributed by atoms with Crippen LogP contribution in [-0.4, -0.2) is 35.2 Å². The average molecular weight is 423 g/mol. The van der Waals surface area contributed by atoms with E-state index in [0.717, 1.165) is 28.3 Å². The molecular weight excluding hydrogens is 406 g/mol. The number of ether oxygens (including phenoxy) is 4. The molecule has 0 saturated heterocycles. The van der Waals surface area contributed by atoms with Crippen molar-refractivity contribution in [1.29, 1.82) is 0 Å². The maximum absolute atomic E-state index is 12.2. The van der Waals surface area contributed by atoms with Gasteiger partial charge in [-0.25, -0.2) is 9.97 Å². The number of carbonyl (C=O) groups is 1. The fraction of sp³-hybridized carbons (Fsp3) is 0.190. The van der Waals surface area contributed by atoms with Crippen molar-refractivity contribution in [1.82, 2.24) is 15.3 Å². The van der Waals surface area contributed by atoms with Gasteiger partial charge in [-0.1, -0.05) is 17.8 Å². The SMILES string of the molecule is O=C(CSc1nccc(-c2ccc3c(c2)OCO3)n1)NCc1ccc2c(c1)OCO2. The second-order valence-corrected chi connectivity index (χ2v) is 7.49. The number of thioether (sulfide) groups is 1. The Morgan fingerprint density at radius 2 is 1.67 bits per heavy atom. The van der Waals surface area contributed by atoms with Crippen LogP contribution in [0.4, 0.5) is 0 Å². The molecule has 3 aromatic rings. The van der Waals surface area contributed by atoms with Crippen molar-refractivity contribution >= 4 is 17.7 Å². The Hall–Kier alpha value is -3.46. The fourth-order valence-electron chi connectivity index (χ4n) is 3.06. The van der Waals surface area contributed by atoms with Crippen molar-refractivity contribution in [3.63, 3.8) is 0 Å². The molecule has 9 heteroatoms. The van der Waals surface area contributed by atoms with Crippen molar-refractivity contribution in [2.45, 2.75) is 11.7 Å². The molecule has 152 valence electrons. The smallest absolute Gasteiger partial charge is 0.231 e. The minimum Gasteiger partial charge on any atom is -0.454 e.